The minimum Gasteiger partial charge on any atom is -0.338 e. The van der Waals surface area contributed by atoms with Gasteiger partial charge in [0, 0.05) is 12.3 Å². The summed E-state index contributed by atoms with van der Waals surface area (Å²) in [4.78, 5) is 11.7. The number of rotatable bonds is 3. The van der Waals surface area contributed by atoms with Gasteiger partial charge in [0.1, 0.15) is 0 Å². The molecule has 7 heteroatoms. The molecule has 0 radical (unpaired) electrons. The van der Waals surface area contributed by atoms with Crippen LogP contribution >= 0.6 is 0 Å². The van der Waals surface area contributed by atoms with E-state index in [1.807, 2.05) is 10.9 Å². The summed E-state index contributed by atoms with van der Waals surface area (Å²) in [5.41, 5.74) is 1.38. The van der Waals surface area contributed by atoms with Gasteiger partial charge in [0.25, 0.3) is 0 Å². The standard InChI is InChI=1S/C12H15N5O2/c1-8-5-11(19-16-8)15-12(18)14-9-6-13-17(7-9)10-3-2-4-10/h5-7,10H,2-4H2,1H3,(H2,14,15,18). The SMILES string of the molecule is Cc1cc(NC(=O)Nc2cnn(C3CCC3)c2)on1. The summed E-state index contributed by atoms with van der Waals surface area (Å²) in [5.74, 6) is 0.321. The quantitative estimate of drug-likeness (QED) is 0.889. The van der Waals surface area contributed by atoms with Gasteiger partial charge in [0.2, 0.25) is 5.88 Å². The summed E-state index contributed by atoms with van der Waals surface area (Å²) in [7, 11) is 0. The first-order valence-electron chi connectivity index (χ1n) is 6.26. The Kier molecular flexibility index (Phi) is 2.94. The molecule has 0 aromatic carbocycles. The van der Waals surface area contributed by atoms with E-state index in [1.54, 1.807) is 19.2 Å². The van der Waals surface area contributed by atoms with Crippen LogP contribution in [0.1, 0.15) is 31.0 Å². The topological polar surface area (TPSA) is 85.0 Å². The van der Waals surface area contributed by atoms with Crippen molar-refractivity contribution in [3.63, 3.8) is 0 Å². The van der Waals surface area contributed by atoms with Gasteiger partial charge in [-0.1, -0.05) is 5.16 Å². The number of urea groups is 1. The molecule has 2 aromatic rings. The van der Waals surface area contributed by atoms with E-state index in [1.165, 1.54) is 6.42 Å². The first-order chi connectivity index (χ1) is 9.20. The Morgan fingerprint density at radius 2 is 2.32 bits per heavy atom. The van der Waals surface area contributed by atoms with Crippen LogP contribution < -0.4 is 10.6 Å². The molecular weight excluding hydrogens is 246 g/mol. The largest absolute Gasteiger partial charge is 0.338 e. The van der Waals surface area contributed by atoms with Crippen molar-refractivity contribution in [3.8, 4) is 0 Å². The number of aryl methyl sites for hydroxylation is 1. The second-order valence-corrected chi connectivity index (χ2v) is 4.71. The van der Waals surface area contributed by atoms with Gasteiger partial charge in [-0.2, -0.15) is 5.10 Å². The number of amides is 2. The highest BCUT2D eigenvalue weighted by Gasteiger charge is 2.20. The second kappa shape index (κ2) is 4.75. The molecule has 3 rings (SSSR count). The fourth-order valence-electron chi connectivity index (χ4n) is 1.95. The summed E-state index contributed by atoms with van der Waals surface area (Å²) in [6.45, 7) is 1.79. The van der Waals surface area contributed by atoms with Crippen LogP contribution in [0.5, 0.6) is 0 Å². The highest BCUT2D eigenvalue weighted by Crippen LogP contribution is 2.31. The van der Waals surface area contributed by atoms with E-state index in [-0.39, 0.29) is 6.03 Å². The van der Waals surface area contributed by atoms with Crippen LogP contribution in [0.3, 0.4) is 0 Å². The van der Waals surface area contributed by atoms with Gasteiger partial charge >= 0.3 is 6.03 Å². The fourth-order valence-corrected chi connectivity index (χ4v) is 1.95. The zero-order valence-electron chi connectivity index (χ0n) is 10.6. The van der Waals surface area contributed by atoms with Crippen LogP contribution in [0.25, 0.3) is 0 Å². The Bertz CT molecular complexity index is 584. The average Bonchev–Trinajstić information content (AvgIpc) is 2.86. The number of hydrogen-bond acceptors (Lipinski definition) is 4. The van der Waals surface area contributed by atoms with Crippen molar-refractivity contribution in [3.05, 3.63) is 24.2 Å². The van der Waals surface area contributed by atoms with Gasteiger partial charge in [-0.25, -0.2) is 4.79 Å². The molecule has 0 spiro atoms. The number of carbonyl (C=O) groups excluding carboxylic acids is 1. The number of nitrogens with one attached hydrogen (secondary N) is 2. The zero-order valence-corrected chi connectivity index (χ0v) is 10.6. The Balaban J connectivity index is 1.58. The van der Waals surface area contributed by atoms with Gasteiger partial charge < -0.3 is 9.84 Å². The average molecular weight is 261 g/mol. The van der Waals surface area contributed by atoms with Crippen molar-refractivity contribution in [1.82, 2.24) is 14.9 Å². The first-order valence-corrected chi connectivity index (χ1v) is 6.26. The van der Waals surface area contributed by atoms with Gasteiger partial charge in [-0.15, -0.1) is 0 Å². The molecule has 19 heavy (non-hydrogen) atoms. The molecule has 100 valence electrons. The molecule has 1 saturated carbocycles. The fraction of sp³-hybridized carbons (Fsp3) is 0.417. The molecule has 1 aliphatic carbocycles. The van der Waals surface area contributed by atoms with Gasteiger partial charge in [-0.3, -0.25) is 10.00 Å². The van der Waals surface area contributed by atoms with Crippen LogP contribution in [0.4, 0.5) is 16.4 Å². The summed E-state index contributed by atoms with van der Waals surface area (Å²) >= 11 is 0. The predicted molar refractivity (Wildman–Crippen MR) is 69.0 cm³/mol. The van der Waals surface area contributed by atoms with Crippen LogP contribution in [-0.4, -0.2) is 21.0 Å². The lowest BCUT2D eigenvalue weighted by molar-refractivity contribution is 0.261. The van der Waals surface area contributed by atoms with E-state index in [9.17, 15) is 4.79 Å². The summed E-state index contributed by atoms with van der Waals surface area (Å²) in [5, 5.41) is 13.2. The lowest BCUT2D eigenvalue weighted by Gasteiger charge is -2.25. The lowest BCUT2D eigenvalue weighted by atomic mass is 9.93. The third-order valence-electron chi connectivity index (χ3n) is 3.17. The highest BCUT2D eigenvalue weighted by atomic mass is 16.5. The third-order valence-corrected chi connectivity index (χ3v) is 3.17. The minimum absolute atomic E-state index is 0.321. The maximum Gasteiger partial charge on any atom is 0.326 e. The summed E-state index contributed by atoms with van der Waals surface area (Å²) in [6, 6.07) is 1.76. The predicted octanol–water partition coefficient (Wildman–Crippen LogP) is 2.55. The number of aromatic nitrogens is 3. The maximum atomic E-state index is 11.7. The van der Waals surface area contributed by atoms with Crippen molar-refractivity contribution in [2.45, 2.75) is 32.2 Å². The number of anilines is 2. The third kappa shape index (κ3) is 2.59. The molecule has 2 heterocycles. The molecule has 1 fully saturated rings. The molecule has 2 amide bonds. The van der Waals surface area contributed by atoms with E-state index in [0.717, 1.165) is 12.8 Å². The van der Waals surface area contributed by atoms with Crippen LogP contribution in [0.2, 0.25) is 0 Å². The molecule has 0 saturated heterocycles. The van der Waals surface area contributed by atoms with E-state index in [2.05, 4.69) is 20.9 Å². The summed E-state index contributed by atoms with van der Waals surface area (Å²) < 4.78 is 6.80. The molecule has 2 aromatic heterocycles. The normalized spacial score (nSPS) is 15.0. The zero-order chi connectivity index (χ0) is 13.2. The number of nitrogens with zero attached hydrogens (tertiary/aromatic N) is 3. The van der Waals surface area contributed by atoms with E-state index in [4.69, 9.17) is 4.52 Å². The van der Waals surface area contributed by atoms with Crippen molar-refractivity contribution in [1.29, 1.82) is 0 Å². The summed E-state index contributed by atoms with van der Waals surface area (Å²) in [6.07, 6.45) is 7.05. The monoisotopic (exact) mass is 261 g/mol. The Hall–Kier alpha value is -2.31. The molecule has 7 nitrogen and oxygen atoms in total. The molecule has 0 bridgehead atoms. The van der Waals surface area contributed by atoms with Crippen LogP contribution in [0.15, 0.2) is 23.0 Å². The first kappa shape index (κ1) is 11.8. The molecule has 2 N–H and O–H groups in total. The molecule has 0 aliphatic heterocycles. The molecular formula is C12H15N5O2. The van der Waals surface area contributed by atoms with Gasteiger partial charge in [-0.05, 0) is 26.2 Å². The van der Waals surface area contributed by atoms with Gasteiger partial charge in [0.05, 0.1) is 23.6 Å². The van der Waals surface area contributed by atoms with Crippen LogP contribution in [0, 0.1) is 6.92 Å². The van der Waals surface area contributed by atoms with Crippen molar-refractivity contribution in [2.24, 2.45) is 0 Å². The number of carbonyl (C=O) groups is 1. The van der Waals surface area contributed by atoms with Crippen LogP contribution in [-0.2, 0) is 0 Å². The molecule has 1 aliphatic rings. The van der Waals surface area contributed by atoms with E-state index >= 15 is 0 Å². The molecule has 0 atom stereocenters. The Morgan fingerprint density at radius 1 is 1.47 bits per heavy atom. The van der Waals surface area contributed by atoms with E-state index < -0.39 is 0 Å². The Morgan fingerprint density at radius 3 is 2.95 bits per heavy atom. The maximum absolute atomic E-state index is 11.7. The number of hydrogen-bond donors (Lipinski definition) is 2. The second-order valence-electron chi connectivity index (χ2n) is 4.71. The Labute approximate surface area is 110 Å². The lowest BCUT2D eigenvalue weighted by Crippen LogP contribution is -2.19. The van der Waals surface area contributed by atoms with Crippen molar-refractivity contribution in [2.75, 3.05) is 10.6 Å². The molecule has 0 unspecified atom stereocenters. The minimum atomic E-state index is -0.371. The van der Waals surface area contributed by atoms with Crippen molar-refractivity contribution >= 4 is 17.6 Å². The van der Waals surface area contributed by atoms with E-state index in [0.29, 0.717) is 23.3 Å². The van der Waals surface area contributed by atoms with Gasteiger partial charge in [0.15, 0.2) is 0 Å². The smallest absolute Gasteiger partial charge is 0.326 e. The van der Waals surface area contributed by atoms with Crippen molar-refractivity contribution < 1.29 is 9.32 Å². The highest BCUT2D eigenvalue weighted by molar-refractivity contribution is 5.98.